The van der Waals surface area contributed by atoms with Gasteiger partial charge in [-0.3, -0.25) is 9.71 Å². The second-order valence-electron chi connectivity index (χ2n) is 4.08. The molecule has 0 bridgehead atoms. The summed E-state index contributed by atoms with van der Waals surface area (Å²) < 4.78 is 29.2. The van der Waals surface area contributed by atoms with Gasteiger partial charge in [-0.05, 0) is 30.1 Å². The number of nitrogens with zero attached hydrogens (tertiary/aromatic N) is 2. The van der Waals surface area contributed by atoms with E-state index in [1.165, 1.54) is 11.9 Å². The summed E-state index contributed by atoms with van der Waals surface area (Å²) in [5.74, 6) is -1.27. The summed E-state index contributed by atoms with van der Waals surface area (Å²) in [5.41, 5.74) is 1.32. The van der Waals surface area contributed by atoms with Crippen LogP contribution in [0.3, 0.4) is 0 Å². The predicted molar refractivity (Wildman–Crippen MR) is 74.3 cm³/mol. The maximum atomic E-state index is 13.2. The fraction of sp³-hybridized carbons (Fsp3) is 0.0769. The number of aliphatic imine (C=N–C) groups is 1. The Balaban J connectivity index is 1.77. The second kappa shape index (κ2) is 5.46. The first-order valence-corrected chi connectivity index (χ1v) is 6.67. The fourth-order valence-electron chi connectivity index (χ4n) is 1.69. The largest absolute Gasteiger partial charge is 0.324 e. The van der Waals surface area contributed by atoms with E-state index in [2.05, 4.69) is 20.0 Å². The van der Waals surface area contributed by atoms with E-state index in [0.29, 0.717) is 23.1 Å². The average Bonchev–Trinajstić information content (AvgIpc) is 2.47. The number of aromatic nitrogens is 1. The Labute approximate surface area is 118 Å². The summed E-state index contributed by atoms with van der Waals surface area (Å²) in [4.78, 5) is 9.04. The number of hydrogen-bond acceptors (Lipinski definition) is 3. The van der Waals surface area contributed by atoms with Crippen molar-refractivity contribution in [1.29, 1.82) is 0 Å². The van der Waals surface area contributed by atoms with Gasteiger partial charge in [-0.2, -0.15) is 0 Å². The Morgan fingerprint density at radius 3 is 2.85 bits per heavy atom. The van der Waals surface area contributed by atoms with Crippen LogP contribution in [0.1, 0.15) is 5.69 Å². The smallest absolute Gasteiger partial charge is 0.206 e. The molecule has 20 heavy (non-hydrogen) atoms. The van der Waals surface area contributed by atoms with Gasteiger partial charge >= 0.3 is 0 Å². The van der Waals surface area contributed by atoms with Gasteiger partial charge in [0.05, 0.1) is 22.8 Å². The lowest BCUT2D eigenvalue weighted by atomic mass is 10.3. The molecule has 0 atom stereocenters. The lowest BCUT2D eigenvalue weighted by Gasteiger charge is -2.20. The topological polar surface area (TPSA) is 49.3 Å². The van der Waals surface area contributed by atoms with Crippen molar-refractivity contribution in [3.05, 3.63) is 53.9 Å². The van der Waals surface area contributed by atoms with Gasteiger partial charge in [0, 0.05) is 12.3 Å². The van der Waals surface area contributed by atoms with Crippen LogP contribution in [0.25, 0.3) is 0 Å². The molecular formula is C13H10F2N4S. The number of anilines is 1. The van der Waals surface area contributed by atoms with Gasteiger partial charge in [-0.1, -0.05) is 6.07 Å². The number of halogens is 2. The summed E-state index contributed by atoms with van der Waals surface area (Å²) in [6, 6.07) is 7.84. The molecule has 2 N–H and O–H groups in total. The Bertz CT molecular complexity index is 661. The first-order chi connectivity index (χ1) is 9.72. The van der Waals surface area contributed by atoms with Crippen LogP contribution in [0, 0.1) is 11.6 Å². The molecule has 0 spiro atoms. The highest BCUT2D eigenvalue weighted by Crippen LogP contribution is 2.30. The number of guanidine groups is 1. The van der Waals surface area contributed by atoms with Crippen molar-refractivity contribution in [3.8, 4) is 0 Å². The Hall–Kier alpha value is -2.15. The van der Waals surface area contributed by atoms with Crippen molar-refractivity contribution < 1.29 is 8.78 Å². The van der Waals surface area contributed by atoms with Crippen LogP contribution in [-0.2, 0) is 6.54 Å². The molecule has 2 heterocycles. The minimum absolute atomic E-state index is 0.399. The van der Waals surface area contributed by atoms with Crippen molar-refractivity contribution in [1.82, 2.24) is 9.71 Å². The molecule has 3 rings (SSSR count). The Kier molecular flexibility index (Phi) is 3.51. The maximum absolute atomic E-state index is 13.2. The molecule has 1 aliphatic rings. The molecule has 2 aromatic rings. The van der Waals surface area contributed by atoms with Crippen LogP contribution in [-0.4, -0.2) is 10.9 Å². The summed E-state index contributed by atoms with van der Waals surface area (Å²) >= 11 is 1.18. The summed E-state index contributed by atoms with van der Waals surface area (Å²) in [5, 5.41) is 2.92. The first-order valence-electron chi connectivity index (χ1n) is 5.85. The summed E-state index contributed by atoms with van der Waals surface area (Å²) in [6.45, 7) is 0.399. The molecule has 102 valence electrons. The van der Waals surface area contributed by atoms with Crippen LogP contribution >= 0.6 is 11.9 Å². The zero-order valence-corrected chi connectivity index (χ0v) is 11.0. The van der Waals surface area contributed by atoms with Crippen LogP contribution in [0.2, 0.25) is 0 Å². The summed E-state index contributed by atoms with van der Waals surface area (Å²) in [6.07, 6.45) is 1.69. The number of hydrogen-bond donors (Lipinski definition) is 2. The first kappa shape index (κ1) is 12.9. The van der Waals surface area contributed by atoms with Gasteiger partial charge in [0.2, 0.25) is 5.96 Å². The number of fused-ring (bicyclic) bond motifs is 1. The van der Waals surface area contributed by atoms with Gasteiger partial charge in [0.25, 0.3) is 0 Å². The summed E-state index contributed by atoms with van der Waals surface area (Å²) in [7, 11) is 0. The van der Waals surface area contributed by atoms with Crippen LogP contribution in [0.4, 0.5) is 14.5 Å². The van der Waals surface area contributed by atoms with E-state index in [9.17, 15) is 8.78 Å². The highest BCUT2D eigenvalue weighted by atomic mass is 32.2. The van der Waals surface area contributed by atoms with Gasteiger partial charge in [-0.15, -0.1) is 0 Å². The van der Waals surface area contributed by atoms with E-state index in [1.54, 1.807) is 6.20 Å². The minimum Gasteiger partial charge on any atom is -0.324 e. The standard InChI is InChI=1S/C13H10F2N4S/c14-9-5-11-12(6-10(9)15)20-19-13(18-11)17-7-8-3-1-2-4-16-8/h1-6H,7H2,(H2,17,18,19). The van der Waals surface area contributed by atoms with E-state index in [4.69, 9.17) is 0 Å². The molecule has 0 amide bonds. The minimum atomic E-state index is -0.886. The third kappa shape index (κ3) is 2.72. The maximum Gasteiger partial charge on any atom is 0.206 e. The fourth-order valence-corrected chi connectivity index (χ4v) is 2.40. The van der Waals surface area contributed by atoms with Crippen LogP contribution in [0.15, 0.2) is 46.4 Å². The van der Waals surface area contributed by atoms with Crippen molar-refractivity contribution in [2.75, 3.05) is 5.32 Å². The van der Waals surface area contributed by atoms with E-state index < -0.39 is 11.6 Å². The highest BCUT2D eigenvalue weighted by molar-refractivity contribution is 7.98. The molecular weight excluding hydrogens is 282 g/mol. The van der Waals surface area contributed by atoms with Crippen molar-refractivity contribution in [2.45, 2.75) is 11.4 Å². The monoisotopic (exact) mass is 292 g/mol. The van der Waals surface area contributed by atoms with Crippen molar-refractivity contribution >= 4 is 23.6 Å². The molecule has 0 saturated carbocycles. The third-order valence-electron chi connectivity index (χ3n) is 2.66. The molecule has 0 unspecified atom stereocenters. The average molecular weight is 292 g/mol. The zero-order valence-electron chi connectivity index (χ0n) is 10.2. The molecule has 0 fully saturated rings. The molecule has 0 aliphatic carbocycles. The van der Waals surface area contributed by atoms with Crippen molar-refractivity contribution in [2.24, 2.45) is 4.99 Å². The molecule has 0 saturated heterocycles. The lowest BCUT2D eigenvalue weighted by Crippen LogP contribution is -2.29. The number of pyridine rings is 1. The number of rotatable bonds is 2. The molecule has 1 aliphatic heterocycles. The number of nitrogens with one attached hydrogen (secondary N) is 2. The van der Waals surface area contributed by atoms with Gasteiger partial charge in [-0.25, -0.2) is 13.8 Å². The molecule has 0 radical (unpaired) electrons. The van der Waals surface area contributed by atoms with Gasteiger partial charge < -0.3 is 5.32 Å². The van der Waals surface area contributed by atoms with Crippen molar-refractivity contribution in [3.63, 3.8) is 0 Å². The van der Waals surface area contributed by atoms with Gasteiger partial charge in [0.1, 0.15) is 0 Å². The third-order valence-corrected chi connectivity index (χ3v) is 3.51. The second-order valence-corrected chi connectivity index (χ2v) is 4.93. The van der Waals surface area contributed by atoms with E-state index in [-0.39, 0.29) is 0 Å². The molecule has 4 nitrogen and oxygen atoms in total. The highest BCUT2D eigenvalue weighted by Gasteiger charge is 2.17. The van der Waals surface area contributed by atoms with Crippen LogP contribution in [0.5, 0.6) is 0 Å². The van der Waals surface area contributed by atoms with E-state index >= 15 is 0 Å². The predicted octanol–water partition coefficient (Wildman–Crippen LogP) is 2.94. The quantitative estimate of drug-likeness (QED) is 0.836. The van der Waals surface area contributed by atoms with E-state index in [1.807, 2.05) is 18.2 Å². The molecule has 1 aromatic carbocycles. The van der Waals surface area contributed by atoms with Gasteiger partial charge in [0.15, 0.2) is 11.6 Å². The lowest BCUT2D eigenvalue weighted by molar-refractivity contribution is 0.506. The SMILES string of the molecule is Fc1cc2c(cc1F)SNC(=NCc1ccccn1)N2. The Morgan fingerprint density at radius 2 is 2.05 bits per heavy atom. The van der Waals surface area contributed by atoms with Crippen LogP contribution < -0.4 is 10.0 Å². The van der Waals surface area contributed by atoms with E-state index in [0.717, 1.165) is 17.8 Å². The number of benzene rings is 1. The Morgan fingerprint density at radius 1 is 1.20 bits per heavy atom. The molecule has 7 heteroatoms. The zero-order chi connectivity index (χ0) is 13.9. The molecule has 1 aromatic heterocycles. The normalized spacial score (nSPS) is 15.4.